The molecule has 0 aromatic carbocycles. The van der Waals surface area contributed by atoms with Gasteiger partial charge in [-0.05, 0) is 6.42 Å². The molecule has 6 nitrogen and oxygen atoms in total. The molecule has 0 aliphatic carbocycles. The zero-order chi connectivity index (χ0) is 15.8. The van der Waals surface area contributed by atoms with Crippen LogP contribution in [0, 0.1) is 0 Å². The number of aliphatic carboxylic acids is 1. The van der Waals surface area contributed by atoms with Crippen LogP contribution in [0.4, 0.5) is 13.2 Å². The van der Waals surface area contributed by atoms with Crippen LogP contribution < -0.4 is 5.32 Å². The van der Waals surface area contributed by atoms with Crippen molar-refractivity contribution in [2.24, 2.45) is 0 Å². The molecule has 0 bridgehead atoms. The number of carboxylic acid groups (broad SMARTS) is 1. The van der Waals surface area contributed by atoms with Gasteiger partial charge in [-0.2, -0.15) is 13.2 Å². The van der Waals surface area contributed by atoms with Gasteiger partial charge in [0.05, 0.1) is 5.75 Å². The molecule has 10 heteroatoms. The van der Waals surface area contributed by atoms with Gasteiger partial charge in [-0.3, -0.25) is 9.00 Å². The number of carbonyl (C=O) groups is 2. The molecule has 0 aromatic rings. The molecule has 0 saturated heterocycles. The summed E-state index contributed by atoms with van der Waals surface area (Å²) in [6.45, 7) is -0.462. The van der Waals surface area contributed by atoms with E-state index in [-0.39, 0.29) is 24.5 Å². The third-order valence-corrected chi connectivity index (χ3v) is 3.40. The zero-order valence-electron chi connectivity index (χ0n) is 10.7. The Balaban J connectivity index is 3.91. The monoisotopic (exact) mass is 319 g/mol. The maximum atomic E-state index is 11.7. The Bertz CT molecular complexity index is 361. The van der Waals surface area contributed by atoms with E-state index < -0.39 is 41.5 Å². The Morgan fingerprint density at radius 3 is 2.45 bits per heavy atom. The number of ether oxygens (including phenoxy) is 1. The van der Waals surface area contributed by atoms with Gasteiger partial charge < -0.3 is 15.2 Å². The van der Waals surface area contributed by atoms with Crippen molar-refractivity contribution in [2.45, 2.75) is 25.6 Å². The van der Waals surface area contributed by atoms with Crippen molar-refractivity contribution in [3.05, 3.63) is 0 Å². The van der Waals surface area contributed by atoms with Gasteiger partial charge in [0.15, 0.2) is 0 Å². The third kappa shape index (κ3) is 10.7. The maximum Gasteiger partial charge on any atom is 0.411 e. The average molecular weight is 319 g/mol. The fraction of sp³-hybridized carbons (Fsp3) is 0.800. The van der Waals surface area contributed by atoms with Crippen molar-refractivity contribution in [2.75, 3.05) is 24.7 Å². The number of carbonyl (C=O) groups excluding carboxylic acids is 1. The zero-order valence-corrected chi connectivity index (χ0v) is 11.6. The molecular formula is C10H16F3NO5S. The highest BCUT2D eigenvalue weighted by atomic mass is 32.2. The van der Waals surface area contributed by atoms with Gasteiger partial charge in [-0.25, -0.2) is 4.79 Å². The fourth-order valence-corrected chi connectivity index (χ4v) is 2.40. The predicted octanol–water partition coefficient (Wildman–Crippen LogP) is 0.293. The van der Waals surface area contributed by atoms with Crippen LogP contribution >= 0.6 is 0 Å². The summed E-state index contributed by atoms with van der Waals surface area (Å²) in [5.41, 5.74) is 0. The third-order valence-electron chi connectivity index (χ3n) is 1.95. The van der Waals surface area contributed by atoms with E-state index in [4.69, 9.17) is 5.11 Å². The molecule has 0 spiro atoms. The molecular weight excluding hydrogens is 303 g/mol. The van der Waals surface area contributed by atoms with E-state index in [1.54, 1.807) is 0 Å². The van der Waals surface area contributed by atoms with Crippen LogP contribution in [-0.4, -0.2) is 58.1 Å². The second kappa shape index (κ2) is 8.90. The van der Waals surface area contributed by atoms with Crippen LogP contribution in [0.2, 0.25) is 0 Å². The summed E-state index contributed by atoms with van der Waals surface area (Å²) < 4.78 is 51.0. The average Bonchev–Trinajstić information content (AvgIpc) is 2.25. The Labute approximate surface area is 116 Å². The number of halogens is 3. The van der Waals surface area contributed by atoms with Gasteiger partial charge in [-0.1, -0.05) is 0 Å². The Morgan fingerprint density at radius 1 is 1.40 bits per heavy atom. The number of hydrogen-bond acceptors (Lipinski definition) is 4. The van der Waals surface area contributed by atoms with E-state index in [0.29, 0.717) is 0 Å². The van der Waals surface area contributed by atoms with Gasteiger partial charge in [-0.15, -0.1) is 0 Å². The van der Waals surface area contributed by atoms with E-state index in [9.17, 15) is 27.0 Å². The summed E-state index contributed by atoms with van der Waals surface area (Å²) in [7, 11) is -1.57. The van der Waals surface area contributed by atoms with E-state index in [0.717, 1.165) is 6.92 Å². The molecule has 1 amide bonds. The van der Waals surface area contributed by atoms with Crippen molar-refractivity contribution in [3.63, 3.8) is 0 Å². The lowest BCUT2D eigenvalue weighted by molar-refractivity contribution is -0.173. The van der Waals surface area contributed by atoms with Crippen LogP contribution in [0.5, 0.6) is 0 Å². The molecule has 2 N–H and O–H groups in total. The Hall–Kier alpha value is -1.16. The van der Waals surface area contributed by atoms with E-state index in [1.165, 1.54) is 0 Å². The number of alkyl halides is 3. The minimum Gasteiger partial charge on any atom is -0.480 e. The van der Waals surface area contributed by atoms with Crippen LogP contribution in [0.1, 0.15) is 13.3 Å². The topological polar surface area (TPSA) is 92.7 Å². The molecule has 0 aromatic heterocycles. The highest BCUT2D eigenvalue weighted by molar-refractivity contribution is 7.85. The quantitative estimate of drug-likeness (QED) is 0.596. The first kappa shape index (κ1) is 18.8. The number of amides is 1. The normalized spacial score (nSPS) is 14.6. The van der Waals surface area contributed by atoms with Crippen molar-refractivity contribution in [1.29, 1.82) is 0 Å². The lowest BCUT2D eigenvalue weighted by Gasteiger charge is -2.12. The van der Waals surface area contributed by atoms with Gasteiger partial charge in [0, 0.05) is 30.1 Å². The second-order valence-electron chi connectivity index (χ2n) is 3.92. The molecule has 2 unspecified atom stereocenters. The number of nitrogens with one attached hydrogen (secondary N) is 1. The summed E-state index contributed by atoms with van der Waals surface area (Å²) in [4.78, 5) is 21.5. The standard InChI is InChI=1S/C10H16F3NO5S/c1-7(15)14-8(9(16)17)5-20(18)4-2-3-19-6-10(11,12)13/h8H,2-6H2,1H3,(H,14,15)(H,16,17). The van der Waals surface area contributed by atoms with Crippen LogP contribution in [0.3, 0.4) is 0 Å². The number of hydrogen-bond donors (Lipinski definition) is 2. The lowest BCUT2D eigenvalue weighted by Crippen LogP contribution is -2.43. The first-order valence-corrected chi connectivity index (χ1v) is 7.10. The summed E-state index contributed by atoms with van der Waals surface area (Å²) in [5.74, 6) is -2.18. The Kier molecular flexibility index (Phi) is 8.39. The molecule has 0 rings (SSSR count). The summed E-state index contributed by atoms with van der Waals surface area (Å²) in [6, 6.07) is -1.27. The van der Waals surface area contributed by atoms with Crippen molar-refractivity contribution >= 4 is 22.7 Å². The summed E-state index contributed by atoms with van der Waals surface area (Å²) in [6.07, 6.45) is -4.30. The van der Waals surface area contributed by atoms with Gasteiger partial charge in [0.2, 0.25) is 5.91 Å². The van der Waals surface area contributed by atoms with Gasteiger partial charge in [0.1, 0.15) is 12.6 Å². The smallest absolute Gasteiger partial charge is 0.411 e. The molecule has 2 atom stereocenters. The van der Waals surface area contributed by atoms with Crippen LogP contribution in [0.15, 0.2) is 0 Å². The van der Waals surface area contributed by atoms with E-state index >= 15 is 0 Å². The lowest BCUT2D eigenvalue weighted by atomic mass is 10.3. The fourth-order valence-electron chi connectivity index (χ4n) is 1.20. The SMILES string of the molecule is CC(=O)NC(CS(=O)CCCOCC(F)(F)F)C(=O)O. The first-order chi connectivity index (χ1) is 9.11. The summed E-state index contributed by atoms with van der Waals surface area (Å²) >= 11 is 0. The minimum atomic E-state index is -4.40. The largest absolute Gasteiger partial charge is 0.480 e. The van der Waals surface area contributed by atoms with E-state index in [2.05, 4.69) is 10.1 Å². The van der Waals surface area contributed by atoms with E-state index in [1.807, 2.05) is 0 Å². The molecule has 118 valence electrons. The number of rotatable bonds is 9. The first-order valence-electron chi connectivity index (χ1n) is 5.61. The highest BCUT2D eigenvalue weighted by Gasteiger charge is 2.27. The van der Waals surface area contributed by atoms with Crippen LogP contribution in [-0.2, 0) is 25.1 Å². The second-order valence-corrected chi connectivity index (χ2v) is 5.54. The van der Waals surface area contributed by atoms with Gasteiger partial charge >= 0.3 is 12.1 Å². The molecule has 0 aliphatic heterocycles. The highest BCUT2D eigenvalue weighted by Crippen LogP contribution is 2.14. The summed E-state index contributed by atoms with van der Waals surface area (Å²) in [5, 5.41) is 10.9. The van der Waals surface area contributed by atoms with Crippen molar-refractivity contribution in [3.8, 4) is 0 Å². The van der Waals surface area contributed by atoms with Crippen molar-refractivity contribution < 1.29 is 36.8 Å². The molecule has 0 radical (unpaired) electrons. The number of carboxylic acids is 1. The van der Waals surface area contributed by atoms with Gasteiger partial charge in [0.25, 0.3) is 0 Å². The molecule has 0 aliphatic rings. The minimum absolute atomic E-state index is 0.00121. The Morgan fingerprint density at radius 2 is 2.00 bits per heavy atom. The maximum absolute atomic E-state index is 11.7. The molecule has 0 saturated carbocycles. The van der Waals surface area contributed by atoms with Crippen molar-refractivity contribution in [1.82, 2.24) is 5.32 Å². The van der Waals surface area contributed by atoms with Crippen LogP contribution in [0.25, 0.3) is 0 Å². The predicted molar refractivity (Wildman–Crippen MR) is 64.6 cm³/mol. The molecule has 0 fully saturated rings. The molecule has 20 heavy (non-hydrogen) atoms. The molecule has 0 heterocycles.